The van der Waals surface area contributed by atoms with Crippen LogP contribution in [0.3, 0.4) is 0 Å². The van der Waals surface area contributed by atoms with Gasteiger partial charge in [-0.25, -0.2) is 0 Å². The van der Waals surface area contributed by atoms with Crippen molar-refractivity contribution >= 4 is 5.91 Å². The summed E-state index contributed by atoms with van der Waals surface area (Å²) in [6.45, 7) is 0.866. The second-order valence-corrected chi connectivity index (χ2v) is 5.95. The molecule has 0 spiro atoms. The maximum Gasteiger partial charge on any atom is 0.222 e. The minimum absolute atomic E-state index is 0.286. The molecule has 1 aliphatic carbocycles. The minimum Gasteiger partial charge on any atom is -0.344 e. The van der Waals surface area contributed by atoms with Crippen molar-refractivity contribution in [1.82, 2.24) is 10.2 Å². The second-order valence-electron chi connectivity index (χ2n) is 5.95. The van der Waals surface area contributed by atoms with Crippen LogP contribution in [0.25, 0.3) is 0 Å². The summed E-state index contributed by atoms with van der Waals surface area (Å²) in [7, 11) is 1.91. The zero-order valence-corrected chi connectivity index (χ0v) is 11.5. The summed E-state index contributed by atoms with van der Waals surface area (Å²) in [4.78, 5) is 13.3. The number of nitrogens with one attached hydrogen (secondary N) is 1. The van der Waals surface area contributed by atoms with Crippen molar-refractivity contribution in [3.05, 3.63) is 35.9 Å². The number of hydrogen-bond acceptors (Lipinski definition) is 2. The Balaban J connectivity index is 1.46. The first kappa shape index (κ1) is 12.7. The van der Waals surface area contributed by atoms with Crippen LogP contribution in [0.1, 0.15) is 37.2 Å². The van der Waals surface area contributed by atoms with Crippen molar-refractivity contribution in [2.24, 2.45) is 0 Å². The fourth-order valence-corrected chi connectivity index (χ4v) is 3.23. The molecule has 3 rings (SSSR count). The number of nitrogens with zero attached hydrogens (tertiary/aromatic N) is 1. The van der Waals surface area contributed by atoms with Crippen LogP contribution in [-0.4, -0.2) is 36.5 Å². The van der Waals surface area contributed by atoms with Gasteiger partial charge in [-0.05, 0) is 30.7 Å². The third-order valence-electron chi connectivity index (χ3n) is 4.51. The lowest BCUT2D eigenvalue weighted by Gasteiger charge is -2.41. The first-order valence-electron chi connectivity index (χ1n) is 7.27. The molecule has 0 bridgehead atoms. The molecule has 3 nitrogen and oxygen atoms in total. The quantitative estimate of drug-likeness (QED) is 0.901. The Morgan fingerprint density at radius 2 is 1.89 bits per heavy atom. The molecular formula is C16H22N2O. The lowest BCUT2D eigenvalue weighted by atomic mass is 9.75. The number of piperidine rings is 1. The molecule has 1 N–H and O–H groups in total. The van der Waals surface area contributed by atoms with Crippen LogP contribution in [0.15, 0.2) is 30.3 Å². The Hall–Kier alpha value is -1.35. The molecule has 1 unspecified atom stereocenters. The molecule has 19 heavy (non-hydrogen) atoms. The Morgan fingerprint density at radius 1 is 1.16 bits per heavy atom. The van der Waals surface area contributed by atoms with Gasteiger partial charge in [0.25, 0.3) is 0 Å². The van der Waals surface area contributed by atoms with Gasteiger partial charge in [0, 0.05) is 32.1 Å². The van der Waals surface area contributed by atoms with Crippen LogP contribution >= 0.6 is 0 Å². The summed E-state index contributed by atoms with van der Waals surface area (Å²) >= 11 is 0. The van der Waals surface area contributed by atoms with Crippen LogP contribution in [0.4, 0.5) is 0 Å². The number of hydrogen-bond donors (Lipinski definition) is 1. The lowest BCUT2D eigenvalue weighted by Crippen LogP contribution is -2.52. The van der Waals surface area contributed by atoms with Crippen LogP contribution in [0, 0.1) is 0 Å². The highest BCUT2D eigenvalue weighted by molar-refractivity contribution is 5.76. The molecule has 1 saturated heterocycles. The summed E-state index contributed by atoms with van der Waals surface area (Å²) in [6.07, 6.45) is 4.16. The average Bonchev–Trinajstić information content (AvgIpc) is 2.38. The lowest BCUT2D eigenvalue weighted by molar-refractivity contribution is -0.132. The highest BCUT2D eigenvalue weighted by Crippen LogP contribution is 2.37. The predicted molar refractivity (Wildman–Crippen MR) is 76.0 cm³/mol. The SMILES string of the molecule is CN1CC(NC2CC(c3ccccc3)C2)CCC1=O. The van der Waals surface area contributed by atoms with Gasteiger partial charge in [0.2, 0.25) is 5.91 Å². The van der Waals surface area contributed by atoms with Gasteiger partial charge in [-0.15, -0.1) is 0 Å². The summed E-state index contributed by atoms with van der Waals surface area (Å²) in [6, 6.07) is 11.9. The minimum atomic E-state index is 0.286. The molecule has 3 heteroatoms. The molecule has 0 radical (unpaired) electrons. The molecule has 1 heterocycles. The van der Waals surface area contributed by atoms with Gasteiger partial charge >= 0.3 is 0 Å². The topological polar surface area (TPSA) is 32.3 Å². The van der Waals surface area contributed by atoms with Crippen molar-refractivity contribution in [3.8, 4) is 0 Å². The molecule has 1 aliphatic heterocycles. The fraction of sp³-hybridized carbons (Fsp3) is 0.562. The number of benzene rings is 1. The third kappa shape index (κ3) is 2.81. The fourth-order valence-electron chi connectivity index (χ4n) is 3.23. The highest BCUT2D eigenvalue weighted by atomic mass is 16.2. The number of rotatable bonds is 3. The number of amides is 1. The Morgan fingerprint density at radius 3 is 2.58 bits per heavy atom. The maximum atomic E-state index is 11.4. The Kier molecular flexibility index (Phi) is 3.56. The van der Waals surface area contributed by atoms with E-state index in [0.717, 1.165) is 18.9 Å². The van der Waals surface area contributed by atoms with Gasteiger partial charge in [0.15, 0.2) is 0 Å². The van der Waals surface area contributed by atoms with E-state index in [4.69, 9.17) is 0 Å². The summed E-state index contributed by atoms with van der Waals surface area (Å²) in [5.74, 6) is 1.01. The number of likely N-dealkylation sites (N-methyl/N-ethyl adjacent to an activating group) is 1. The van der Waals surface area contributed by atoms with Crippen molar-refractivity contribution in [2.45, 2.75) is 43.7 Å². The van der Waals surface area contributed by atoms with E-state index >= 15 is 0 Å². The Labute approximate surface area is 115 Å². The zero-order chi connectivity index (χ0) is 13.2. The van der Waals surface area contributed by atoms with Crippen LogP contribution in [0.2, 0.25) is 0 Å². The van der Waals surface area contributed by atoms with Crippen molar-refractivity contribution in [2.75, 3.05) is 13.6 Å². The van der Waals surface area contributed by atoms with Gasteiger partial charge < -0.3 is 10.2 Å². The van der Waals surface area contributed by atoms with Crippen molar-refractivity contribution in [1.29, 1.82) is 0 Å². The third-order valence-corrected chi connectivity index (χ3v) is 4.51. The van der Waals surface area contributed by atoms with Gasteiger partial charge in [-0.3, -0.25) is 4.79 Å². The van der Waals surface area contributed by atoms with Gasteiger partial charge in [-0.2, -0.15) is 0 Å². The smallest absolute Gasteiger partial charge is 0.222 e. The highest BCUT2D eigenvalue weighted by Gasteiger charge is 2.33. The summed E-state index contributed by atoms with van der Waals surface area (Å²) in [5.41, 5.74) is 1.47. The first-order valence-corrected chi connectivity index (χ1v) is 7.27. The molecule has 1 amide bonds. The largest absolute Gasteiger partial charge is 0.344 e. The molecule has 2 fully saturated rings. The molecule has 0 aromatic heterocycles. The number of carbonyl (C=O) groups is 1. The van der Waals surface area contributed by atoms with E-state index in [0.29, 0.717) is 18.5 Å². The van der Waals surface area contributed by atoms with E-state index < -0.39 is 0 Å². The molecule has 2 aliphatic rings. The van der Waals surface area contributed by atoms with E-state index in [9.17, 15) is 4.79 Å². The monoisotopic (exact) mass is 258 g/mol. The van der Waals surface area contributed by atoms with Gasteiger partial charge in [-0.1, -0.05) is 30.3 Å². The molecule has 1 aromatic rings. The van der Waals surface area contributed by atoms with E-state index in [1.807, 2.05) is 11.9 Å². The molecule has 1 saturated carbocycles. The first-order chi connectivity index (χ1) is 9.22. The normalized spacial score (nSPS) is 31.1. The standard InChI is InChI=1S/C16H22N2O/c1-18-11-14(7-8-16(18)19)17-15-9-13(10-15)12-5-3-2-4-6-12/h2-6,13-15,17H,7-11H2,1H3. The van der Waals surface area contributed by atoms with E-state index in [2.05, 4.69) is 35.6 Å². The van der Waals surface area contributed by atoms with Gasteiger partial charge in [0.05, 0.1) is 0 Å². The molecular weight excluding hydrogens is 236 g/mol. The van der Waals surface area contributed by atoms with Crippen molar-refractivity contribution < 1.29 is 4.79 Å². The summed E-state index contributed by atoms with van der Waals surface area (Å²) in [5, 5.41) is 3.71. The Bertz CT molecular complexity index is 439. The van der Waals surface area contributed by atoms with E-state index in [1.54, 1.807) is 0 Å². The van der Waals surface area contributed by atoms with E-state index in [-0.39, 0.29) is 5.91 Å². The molecule has 1 atom stereocenters. The number of carbonyl (C=O) groups excluding carboxylic acids is 1. The average molecular weight is 258 g/mol. The second kappa shape index (κ2) is 5.33. The molecule has 1 aromatic carbocycles. The van der Waals surface area contributed by atoms with Gasteiger partial charge in [0.1, 0.15) is 0 Å². The molecule has 102 valence electrons. The number of likely N-dealkylation sites (tertiary alicyclic amines) is 1. The van der Waals surface area contributed by atoms with Crippen LogP contribution < -0.4 is 5.32 Å². The van der Waals surface area contributed by atoms with E-state index in [1.165, 1.54) is 18.4 Å². The summed E-state index contributed by atoms with van der Waals surface area (Å²) < 4.78 is 0. The zero-order valence-electron chi connectivity index (χ0n) is 11.5. The maximum absolute atomic E-state index is 11.4. The van der Waals surface area contributed by atoms with Crippen LogP contribution in [0.5, 0.6) is 0 Å². The van der Waals surface area contributed by atoms with Crippen LogP contribution in [-0.2, 0) is 4.79 Å². The van der Waals surface area contributed by atoms with Crippen molar-refractivity contribution in [3.63, 3.8) is 0 Å². The predicted octanol–water partition coefficient (Wildman–Crippen LogP) is 2.14.